The predicted octanol–water partition coefficient (Wildman–Crippen LogP) is 5.83. The topological polar surface area (TPSA) is 62.8 Å². The van der Waals surface area contributed by atoms with E-state index in [2.05, 4.69) is 70.1 Å². The van der Waals surface area contributed by atoms with Crippen molar-refractivity contribution in [3.63, 3.8) is 0 Å². The molecule has 0 aromatic heterocycles. The Labute approximate surface area is 246 Å². The number of fused-ring (bicyclic) bond motifs is 1. The van der Waals surface area contributed by atoms with Crippen LogP contribution in [-0.2, 0) is 24.3 Å². The van der Waals surface area contributed by atoms with Crippen LogP contribution >= 0.6 is 11.6 Å². The number of amides is 1. The molecule has 4 aromatic rings. The lowest BCUT2D eigenvalue weighted by Crippen LogP contribution is -2.43. The van der Waals surface area contributed by atoms with Crippen LogP contribution in [-0.4, -0.2) is 42.8 Å². The van der Waals surface area contributed by atoms with E-state index in [-0.39, 0.29) is 24.8 Å². The third-order valence-electron chi connectivity index (χ3n) is 7.79. The minimum Gasteiger partial charge on any atom is -0.454 e. The van der Waals surface area contributed by atoms with E-state index in [4.69, 9.17) is 21.1 Å². The number of nitrogens with one attached hydrogen (secondary N) is 2. The van der Waals surface area contributed by atoms with Crippen molar-refractivity contribution in [2.75, 3.05) is 19.9 Å². The van der Waals surface area contributed by atoms with Gasteiger partial charge in [-0.2, -0.15) is 0 Å². The molecule has 41 heavy (non-hydrogen) atoms. The first-order chi connectivity index (χ1) is 20.1. The summed E-state index contributed by atoms with van der Waals surface area (Å²) in [7, 11) is 0. The molecule has 0 radical (unpaired) electrons. The van der Waals surface area contributed by atoms with E-state index in [9.17, 15) is 4.79 Å². The number of nitrogens with zero attached hydrogens (tertiary/aromatic N) is 1. The van der Waals surface area contributed by atoms with E-state index in [0.29, 0.717) is 18.1 Å². The number of halogens is 1. The van der Waals surface area contributed by atoms with Crippen LogP contribution in [0.4, 0.5) is 0 Å². The summed E-state index contributed by atoms with van der Waals surface area (Å²) in [6, 6.07) is 32.9. The summed E-state index contributed by atoms with van der Waals surface area (Å²) in [4.78, 5) is 15.7. The number of carbonyl (C=O) groups is 1. The molecule has 0 unspecified atom stereocenters. The maximum absolute atomic E-state index is 13.4. The van der Waals surface area contributed by atoms with Gasteiger partial charge < -0.3 is 20.1 Å². The smallest absolute Gasteiger partial charge is 0.237 e. The molecule has 6 nitrogen and oxygen atoms in total. The van der Waals surface area contributed by atoms with Crippen molar-refractivity contribution in [1.29, 1.82) is 0 Å². The Balaban J connectivity index is 1.07. The van der Waals surface area contributed by atoms with E-state index >= 15 is 0 Å². The molecule has 0 spiro atoms. The summed E-state index contributed by atoms with van der Waals surface area (Å²) in [6.45, 7) is 3.03. The first-order valence-corrected chi connectivity index (χ1v) is 14.5. The molecule has 7 heteroatoms. The van der Waals surface area contributed by atoms with Gasteiger partial charge in [0.1, 0.15) is 0 Å². The van der Waals surface area contributed by atoms with Gasteiger partial charge in [0, 0.05) is 37.2 Å². The zero-order chi connectivity index (χ0) is 28.0. The van der Waals surface area contributed by atoms with Crippen molar-refractivity contribution < 1.29 is 14.3 Å². The highest BCUT2D eigenvalue weighted by Crippen LogP contribution is 2.32. The average Bonchev–Trinajstić information content (AvgIpc) is 3.63. The highest BCUT2D eigenvalue weighted by atomic mass is 35.5. The van der Waals surface area contributed by atoms with Crippen LogP contribution < -0.4 is 20.1 Å². The van der Waals surface area contributed by atoms with Crippen LogP contribution in [0.3, 0.4) is 0 Å². The molecule has 4 aromatic carbocycles. The summed E-state index contributed by atoms with van der Waals surface area (Å²) in [6.07, 6.45) is 1.47. The van der Waals surface area contributed by atoms with Gasteiger partial charge in [-0.25, -0.2) is 0 Å². The minimum atomic E-state index is -0.219. The lowest BCUT2D eigenvalue weighted by Gasteiger charge is -2.23. The Kier molecular flexibility index (Phi) is 8.52. The van der Waals surface area contributed by atoms with Gasteiger partial charge in [0.2, 0.25) is 12.7 Å². The summed E-state index contributed by atoms with van der Waals surface area (Å²) >= 11 is 6.26. The third kappa shape index (κ3) is 6.91. The van der Waals surface area contributed by atoms with Crippen molar-refractivity contribution in [2.24, 2.45) is 0 Å². The van der Waals surface area contributed by atoms with Crippen LogP contribution in [0.2, 0.25) is 5.02 Å². The van der Waals surface area contributed by atoms with E-state index in [1.165, 1.54) is 16.7 Å². The molecule has 6 rings (SSSR count). The van der Waals surface area contributed by atoms with Gasteiger partial charge in [0.25, 0.3) is 0 Å². The van der Waals surface area contributed by atoms with E-state index in [1.807, 2.05) is 42.5 Å². The van der Waals surface area contributed by atoms with Crippen molar-refractivity contribution in [3.05, 3.63) is 119 Å². The Bertz CT molecular complexity index is 1480. The Morgan fingerprint density at radius 1 is 0.829 bits per heavy atom. The minimum absolute atomic E-state index is 0.0595. The largest absolute Gasteiger partial charge is 0.454 e. The van der Waals surface area contributed by atoms with Crippen molar-refractivity contribution in [1.82, 2.24) is 15.5 Å². The van der Waals surface area contributed by atoms with Crippen molar-refractivity contribution in [2.45, 2.75) is 38.0 Å². The normalized spacial score (nSPS) is 18.0. The highest BCUT2D eigenvalue weighted by molar-refractivity contribution is 6.30. The average molecular weight is 568 g/mol. The molecule has 2 atom stereocenters. The molecule has 2 heterocycles. The molecule has 1 fully saturated rings. The van der Waals surface area contributed by atoms with E-state index < -0.39 is 0 Å². The fraction of sp³-hybridized carbons (Fsp3) is 0.265. The fourth-order valence-electron chi connectivity index (χ4n) is 5.62. The number of likely N-dealkylation sites (tertiary alicyclic amines) is 1. The monoisotopic (exact) mass is 567 g/mol. The fourth-order valence-corrected chi connectivity index (χ4v) is 5.83. The van der Waals surface area contributed by atoms with Crippen LogP contribution in [0, 0.1) is 0 Å². The molecule has 2 aliphatic rings. The predicted molar refractivity (Wildman–Crippen MR) is 162 cm³/mol. The molecule has 0 saturated carbocycles. The lowest BCUT2D eigenvalue weighted by molar-refractivity contribution is -0.125. The summed E-state index contributed by atoms with van der Waals surface area (Å²) in [5, 5.41) is 7.59. The number of carbonyl (C=O) groups excluding carboxylic acids is 1. The van der Waals surface area contributed by atoms with Crippen LogP contribution in [0.15, 0.2) is 97.1 Å². The number of benzene rings is 4. The Morgan fingerprint density at radius 2 is 1.61 bits per heavy atom. The molecule has 1 saturated heterocycles. The Morgan fingerprint density at radius 3 is 2.44 bits per heavy atom. The molecular formula is C34H34ClN3O3. The standard InChI is InChI=1S/C34H34ClN3O3/c35-29-8-4-5-26(17-29)21-38-22-30(37-20-25-9-12-28(13-10-25)27-6-2-1-3-7-27)19-31(38)34(39)36-16-15-24-11-14-32-33(18-24)41-23-40-32/h1-14,17-18,30-31,37H,15-16,19-23H2,(H,36,39)/t30-,31-/m0/s1. The number of hydrogen-bond donors (Lipinski definition) is 2. The summed E-state index contributed by atoms with van der Waals surface area (Å²) in [5.41, 5.74) is 5.86. The van der Waals surface area contributed by atoms with Gasteiger partial charge in [-0.3, -0.25) is 9.69 Å². The first-order valence-electron chi connectivity index (χ1n) is 14.1. The molecule has 2 aliphatic heterocycles. The second kappa shape index (κ2) is 12.8. The van der Waals surface area contributed by atoms with Gasteiger partial charge in [-0.05, 0) is 64.9 Å². The summed E-state index contributed by atoms with van der Waals surface area (Å²) in [5.74, 6) is 1.59. The van der Waals surface area contributed by atoms with Gasteiger partial charge in [0.15, 0.2) is 11.5 Å². The molecular weight excluding hydrogens is 534 g/mol. The van der Waals surface area contributed by atoms with Crippen LogP contribution in [0.1, 0.15) is 23.1 Å². The number of ether oxygens (including phenoxy) is 2. The molecule has 0 aliphatic carbocycles. The van der Waals surface area contributed by atoms with E-state index in [1.54, 1.807) is 0 Å². The maximum atomic E-state index is 13.4. The first kappa shape index (κ1) is 27.3. The Hall–Kier alpha value is -3.84. The second-order valence-corrected chi connectivity index (χ2v) is 11.1. The quantitative estimate of drug-likeness (QED) is 0.253. The summed E-state index contributed by atoms with van der Waals surface area (Å²) < 4.78 is 10.9. The van der Waals surface area contributed by atoms with Gasteiger partial charge in [0.05, 0.1) is 6.04 Å². The third-order valence-corrected chi connectivity index (χ3v) is 8.02. The zero-order valence-electron chi connectivity index (χ0n) is 22.9. The molecule has 210 valence electrons. The maximum Gasteiger partial charge on any atom is 0.237 e. The number of hydrogen-bond acceptors (Lipinski definition) is 5. The van der Waals surface area contributed by atoms with Crippen LogP contribution in [0.5, 0.6) is 11.5 Å². The van der Waals surface area contributed by atoms with Gasteiger partial charge in [-0.15, -0.1) is 0 Å². The van der Waals surface area contributed by atoms with Gasteiger partial charge in [-0.1, -0.05) is 84.4 Å². The molecule has 0 bridgehead atoms. The SMILES string of the molecule is O=C(NCCc1ccc2c(c1)OCO2)[C@@H]1C[C@H](NCc2ccc(-c3ccccc3)cc2)CN1Cc1cccc(Cl)c1. The lowest BCUT2D eigenvalue weighted by atomic mass is 10.0. The van der Waals surface area contributed by atoms with Gasteiger partial charge >= 0.3 is 0 Å². The molecule has 1 amide bonds. The van der Waals surface area contributed by atoms with Crippen molar-refractivity contribution in [3.8, 4) is 22.6 Å². The molecule has 2 N–H and O–H groups in total. The van der Waals surface area contributed by atoms with Crippen molar-refractivity contribution >= 4 is 17.5 Å². The highest BCUT2D eigenvalue weighted by Gasteiger charge is 2.36. The zero-order valence-corrected chi connectivity index (χ0v) is 23.6. The second-order valence-electron chi connectivity index (χ2n) is 10.7. The number of rotatable bonds is 10. The van der Waals surface area contributed by atoms with E-state index in [0.717, 1.165) is 48.6 Å². The van der Waals surface area contributed by atoms with Crippen LogP contribution in [0.25, 0.3) is 11.1 Å².